The molecule has 2 heterocycles. The van der Waals surface area contributed by atoms with Crippen LogP contribution >= 0.6 is 24.0 Å². The fourth-order valence-electron chi connectivity index (χ4n) is 2.83. The smallest absolute Gasteiger partial charge is 0.408 e. The molecular weight excluding hydrogens is 407 g/mol. The van der Waals surface area contributed by atoms with Gasteiger partial charge in [-0.15, -0.1) is 24.0 Å². The number of aliphatic imine (C=N–C) groups is 1. The fourth-order valence-corrected chi connectivity index (χ4v) is 2.83. The number of fused-ring (bicyclic) bond motifs is 1. The second-order valence-corrected chi connectivity index (χ2v) is 5.90. The number of para-hydroxylation sites is 2. The highest BCUT2D eigenvalue weighted by Gasteiger charge is 2.16. The van der Waals surface area contributed by atoms with Crippen LogP contribution in [-0.2, 0) is 6.54 Å². The van der Waals surface area contributed by atoms with E-state index >= 15 is 0 Å². The molecule has 3 rings (SSSR count). The Hall–Kier alpha value is -1.51. The maximum Gasteiger partial charge on any atom is 0.420 e. The van der Waals surface area contributed by atoms with Gasteiger partial charge >= 0.3 is 5.76 Å². The lowest BCUT2D eigenvalue weighted by molar-refractivity contribution is 0.277. The maximum absolute atomic E-state index is 11.9. The van der Waals surface area contributed by atoms with E-state index in [-0.39, 0.29) is 29.7 Å². The summed E-state index contributed by atoms with van der Waals surface area (Å²) in [5.41, 5.74) is 7.45. The molecule has 1 aromatic heterocycles. The lowest BCUT2D eigenvalue weighted by Crippen LogP contribution is -2.42. The van der Waals surface area contributed by atoms with Crippen LogP contribution in [-0.4, -0.2) is 35.1 Å². The Balaban J connectivity index is 0.00000192. The van der Waals surface area contributed by atoms with Crippen LogP contribution in [0, 0.1) is 5.92 Å². The second kappa shape index (κ2) is 7.85. The van der Waals surface area contributed by atoms with Gasteiger partial charge in [0.25, 0.3) is 0 Å². The van der Waals surface area contributed by atoms with E-state index in [9.17, 15) is 4.79 Å². The average molecular weight is 430 g/mol. The topological polar surface area (TPSA) is 76.8 Å². The molecule has 2 N–H and O–H groups in total. The van der Waals surface area contributed by atoms with Gasteiger partial charge in [-0.05, 0) is 30.9 Å². The normalized spacial score (nSPS) is 16.6. The van der Waals surface area contributed by atoms with E-state index in [0.29, 0.717) is 24.6 Å². The quantitative estimate of drug-likeness (QED) is 0.461. The van der Waals surface area contributed by atoms with Crippen LogP contribution in [0.25, 0.3) is 11.1 Å². The molecule has 0 saturated carbocycles. The Morgan fingerprint density at radius 2 is 2.04 bits per heavy atom. The molecule has 0 spiro atoms. The zero-order valence-corrected chi connectivity index (χ0v) is 15.6. The zero-order valence-electron chi connectivity index (χ0n) is 13.3. The van der Waals surface area contributed by atoms with Crippen molar-refractivity contribution < 1.29 is 4.42 Å². The third kappa shape index (κ3) is 4.07. The van der Waals surface area contributed by atoms with Gasteiger partial charge in [0.2, 0.25) is 0 Å². The van der Waals surface area contributed by atoms with Crippen molar-refractivity contribution in [2.45, 2.75) is 26.3 Å². The third-order valence-corrected chi connectivity index (χ3v) is 4.28. The van der Waals surface area contributed by atoms with Gasteiger partial charge in [0.05, 0.1) is 12.1 Å². The molecule has 0 radical (unpaired) electrons. The lowest BCUT2D eigenvalue weighted by atomic mass is 10.00. The standard InChI is InChI=1S/C16H22N4O2.HI/c1-12-6-9-19(10-7-12)15(17)18-8-11-20-13-4-2-3-5-14(13)22-16(20)21;/h2-5,12H,6-11H2,1H3,(H2,17,18);1H. The number of oxazole rings is 1. The molecule has 23 heavy (non-hydrogen) atoms. The Morgan fingerprint density at radius 3 is 2.78 bits per heavy atom. The molecule has 7 heteroatoms. The summed E-state index contributed by atoms with van der Waals surface area (Å²) in [6, 6.07) is 7.41. The van der Waals surface area contributed by atoms with Crippen molar-refractivity contribution in [2.75, 3.05) is 19.6 Å². The number of hydrogen-bond donors (Lipinski definition) is 1. The first-order valence-corrected chi connectivity index (χ1v) is 7.78. The number of likely N-dealkylation sites (tertiary alicyclic amines) is 1. The van der Waals surface area contributed by atoms with Gasteiger partial charge in [-0.25, -0.2) is 4.79 Å². The number of aromatic nitrogens is 1. The number of piperidine rings is 1. The first kappa shape index (κ1) is 17.8. The molecule has 0 amide bonds. The summed E-state index contributed by atoms with van der Waals surface area (Å²) < 4.78 is 6.80. The SMILES string of the molecule is CC1CCN(C(N)=NCCn2c(=O)oc3ccccc32)CC1.I. The Morgan fingerprint density at radius 1 is 1.35 bits per heavy atom. The predicted octanol–water partition coefficient (Wildman–Crippen LogP) is 2.26. The lowest BCUT2D eigenvalue weighted by Gasteiger charge is -2.31. The Kier molecular flexibility index (Phi) is 6.09. The van der Waals surface area contributed by atoms with Crippen LogP contribution in [0.15, 0.2) is 38.5 Å². The Labute approximate surface area is 152 Å². The average Bonchev–Trinajstić information content (AvgIpc) is 2.84. The molecule has 0 atom stereocenters. The molecule has 126 valence electrons. The summed E-state index contributed by atoms with van der Waals surface area (Å²) >= 11 is 0. The van der Waals surface area contributed by atoms with Crippen molar-refractivity contribution in [3.63, 3.8) is 0 Å². The molecule has 0 unspecified atom stereocenters. The van der Waals surface area contributed by atoms with Gasteiger partial charge in [0.1, 0.15) is 0 Å². The highest BCUT2D eigenvalue weighted by molar-refractivity contribution is 14.0. The van der Waals surface area contributed by atoms with Crippen LogP contribution in [0.2, 0.25) is 0 Å². The minimum absolute atomic E-state index is 0. The van der Waals surface area contributed by atoms with E-state index in [1.165, 1.54) is 0 Å². The third-order valence-electron chi connectivity index (χ3n) is 4.28. The van der Waals surface area contributed by atoms with Gasteiger partial charge in [-0.1, -0.05) is 19.1 Å². The van der Waals surface area contributed by atoms with E-state index in [4.69, 9.17) is 10.2 Å². The zero-order chi connectivity index (χ0) is 15.5. The van der Waals surface area contributed by atoms with Gasteiger partial charge in [0, 0.05) is 19.6 Å². The van der Waals surface area contributed by atoms with Gasteiger partial charge in [-0.3, -0.25) is 9.56 Å². The first-order valence-electron chi connectivity index (χ1n) is 7.78. The van der Waals surface area contributed by atoms with Gasteiger partial charge in [-0.2, -0.15) is 0 Å². The Bertz CT molecular complexity index is 729. The number of halogens is 1. The monoisotopic (exact) mass is 430 g/mol. The molecule has 1 aliphatic heterocycles. The summed E-state index contributed by atoms with van der Waals surface area (Å²) in [7, 11) is 0. The highest BCUT2D eigenvalue weighted by atomic mass is 127. The van der Waals surface area contributed by atoms with Crippen molar-refractivity contribution in [3.05, 3.63) is 34.8 Å². The number of benzene rings is 1. The molecule has 1 fully saturated rings. The van der Waals surface area contributed by atoms with Crippen LogP contribution < -0.4 is 11.5 Å². The van der Waals surface area contributed by atoms with Crippen molar-refractivity contribution in [2.24, 2.45) is 16.6 Å². The summed E-state index contributed by atoms with van der Waals surface area (Å²) in [5.74, 6) is 0.995. The van der Waals surface area contributed by atoms with Crippen LogP contribution in [0.4, 0.5) is 0 Å². The number of nitrogens with two attached hydrogens (primary N) is 1. The van der Waals surface area contributed by atoms with E-state index in [2.05, 4.69) is 16.8 Å². The van der Waals surface area contributed by atoms with Gasteiger partial charge < -0.3 is 15.1 Å². The molecule has 1 aromatic carbocycles. The molecule has 0 aliphatic carbocycles. The predicted molar refractivity (Wildman–Crippen MR) is 102 cm³/mol. The summed E-state index contributed by atoms with van der Waals surface area (Å²) in [4.78, 5) is 18.4. The molecule has 6 nitrogen and oxygen atoms in total. The largest absolute Gasteiger partial charge is 0.420 e. The summed E-state index contributed by atoms with van der Waals surface area (Å²) in [6.45, 7) is 5.14. The molecule has 1 aliphatic rings. The first-order chi connectivity index (χ1) is 10.6. The number of hydrogen-bond acceptors (Lipinski definition) is 3. The number of nitrogens with zero attached hydrogens (tertiary/aromatic N) is 3. The fraction of sp³-hybridized carbons (Fsp3) is 0.500. The second-order valence-electron chi connectivity index (χ2n) is 5.90. The van der Waals surface area contributed by atoms with Gasteiger partial charge in [0.15, 0.2) is 11.5 Å². The number of rotatable bonds is 3. The van der Waals surface area contributed by atoms with Crippen LogP contribution in [0.5, 0.6) is 0 Å². The van der Waals surface area contributed by atoms with Crippen LogP contribution in [0.3, 0.4) is 0 Å². The van der Waals surface area contributed by atoms with E-state index < -0.39 is 0 Å². The van der Waals surface area contributed by atoms with E-state index in [0.717, 1.165) is 37.4 Å². The van der Waals surface area contributed by atoms with Crippen LogP contribution in [0.1, 0.15) is 19.8 Å². The van der Waals surface area contributed by atoms with Crippen molar-refractivity contribution >= 4 is 41.0 Å². The van der Waals surface area contributed by atoms with E-state index in [1.807, 2.05) is 18.2 Å². The van der Waals surface area contributed by atoms with Crippen molar-refractivity contribution in [1.29, 1.82) is 0 Å². The molecular formula is C16H23IN4O2. The molecule has 1 saturated heterocycles. The van der Waals surface area contributed by atoms with E-state index in [1.54, 1.807) is 10.6 Å². The molecule has 0 bridgehead atoms. The minimum Gasteiger partial charge on any atom is -0.408 e. The summed E-state index contributed by atoms with van der Waals surface area (Å²) in [5, 5.41) is 0. The van der Waals surface area contributed by atoms with Crippen molar-refractivity contribution in [3.8, 4) is 0 Å². The molecule has 2 aromatic rings. The minimum atomic E-state index is -0.346. The summed E-state index contributed by atoms with van der Waals surface area (Å²) in [6.07, 6.45) is 2.31. The maximum atomic E-state index is 11.9. The highest BCUT2D eigenvalue weighted by Crippen LogP contribution is 2.15. The van der Waals surface area contributed by atoms with Crippen molar-refractivity contribution in [1.82, 2.24) is 9.47 Å². The number of guanidine groups is 1.